The van der Waals surface area contributed by atoms with Crippen molar-refractivity contribution in [2.75, 3.05) is 14.2 Å². The average molecular weight is 417 g/mol. The molecule has 4 nitrogen and oxygen atoms in total. The molecular formula is C23H22F3NO3. The number of phenolic OH excluding ortho intramolecular Hbond substituents is 1. The lowest BCUT2D eigenvalue weighted by molar-refractivity contribution is -0.137. The van der Waals surface area contributed by atoms with E-state index < -0.39 is 11.7 Å². The minimum atomic E-state index is -4.43. The highest BCUT2D eigenvalue weighted by Crippen LogP contribution is 2.44. The first kappa shape index (κ1) is 20.2. The monoisotopic (exact) mass is 417 g/mol. The third-order valence-electron chi connectivity index (χ3n) is 5.51. The van der Waals surface area contributed by atoms with Gasteiger partial charge in [-0.3, -0.25) is 0 Å². The van der Waals surface area contributed by atoms with E-state index in [1.165, 1.54) is 26.4 Å². The Bertz CT molecular complexity index is 1260. The second-order valence-electron chi connectivity index (χ2n) is 7.28. The van der Waals surface area contributed by atoms with Crippen LogP contribution in [0, 0.1) is 0 Å². The summed E-state index contributed by atoms with van der Waals surface area (Å²) in [4.78, 5) is 0. The van der Waals surface area contributed by atoms with Crippen molar-refractivity contribution in [1.82, 2.24) is 4.57 Å². The fourth-order valence-electron chi connectivity index (χ4n) is 4.04. The molecule has 0 atom stereocenters. The van der Waals surface area contributed by atoms with E-state index in [0.29, 0.717) is 45.2 Å². The number of methoxy groups -OCH3 is 2. The molecule has 30 heavy (non-hydrogen) atoms. The van der Waals surface area contributed by atoms with Crippen LogP contribution in [0.3, 0.4) is 0 Å². The number of hydrogen-bond acceptors (Lipinski definition) is 3. The summed E-state index contributed by atoms with van der Waals surface area (Å²) in [6.07, 6.45) is -2.73. The highest BCUT2D eigenvalue weighted by atomic mass is 19.4. The van der Waals surface area contributed by atoms with Gasteiger partial charge in [0.15, 0.2) is 11.5 Å². The van der Waals surface area contributed by atoms with E-state index in [1.54, 1.807) is 18.2 Å². The highest BCUT2D eigenvalue weighted by Gasteiger charge is 2.31. The van der Waals surface area contributed by atoms with Crippen LogP contribution in [0.2, 0.25) is 0 Å². The second-order valence-corrected chi connectivity index (χ2v) is 7.28. The first-order valence-corrected chi connectivity index (χ1v) is 9.71. The van der Waals surface area contributed by atoms with Crippen molar-refractivity contribution in [3.63, 3.8) is 0 Å². The molecule has 7 heteroatoms. The highest BCUT2D eigenvalue weighted by molar-refractivity contribution is 6.22. The van der Waals surface area contributed by atoms with Gasteiger partial charge in [0.05, 0.1) is 25.3 Å². The third-order valence-corrected chi connectivity index (χ3v) is 5.51. The van der Waals surface area contributed by atoms with Crippen LogP contribution in [0.15, 0.2) is 36.4 Å². The molecule has 4 aromatic rings. The zero-order valence-electron chi connectivity index (χ0n) is 16.9. The van der Waals surface area contributed by atoms with Gasteiger partial charge in [0.25, 0.3) is 0 Å². The molecule has 0 amide bonds. The van der Waals surface area contributed by atoms with Crippen molar-refractivity contribution in [2.45, 2.75) is 32.5 Å². The van der Waals surface area contributed by atoms with Gasteiger partial charge in [-0.2, -0.15) is 13.2 Å². The molecule has 0 aliphatic carbocycles. The van der Waals surface area contributed by atoms with Crippen LogP contribution < -0.4 is 9.47 Å². The normalized spacial score (nSPS) is 12.2. The predicted octanol–water partition coefficient (Wildman–Crippen LogP) is 6.49. The van der Waals surface area contributed by atoms with Crippen molar-refractivity contribution in [1.29, 1.82) is 0 Å². The minimum absolute atomic E-state index is 0.0371. The maximum absolute atomic E-state index is 13.4. The van der Waals surface area contributed by atoms with Gasteiger partial charge in [0.2, 0.25) is 0 Å². The van der Waals surface area contributed by atoms with Gasteiger partial charge in [0, 0.05) is 34.3 Å². The standard InChI is InChI=1S/C23H22F3NO3/c1-4-5-8-27-17-9-13(23(24,25)26)6-7-14(17)22-16-11-21(30-3)20(29-2)10-15(16)19(28)12-18(22)27/h6-7,9-12,28H,4-5,8H2,1-3H3. The van der Waals surface area contributed by atoms with E-state index in [4.69, 9.17) is 9.47 Å². The molecule has 0 fully saturated rings. The Hall–Kier alpha value is -3.09. The molecule has 0 aliphatic heterocycles. The summed E-state index contributed by atoms with van der Waals surface area (Å²) >= 11 is 0. The number of aromatic nitrogens is 1. The lowest BCUT2D eigenvalue weighted by atomic mass is 10.0. The smallest absolute Gasteiger partial charge is 0.416 e. The topological polar surface area (TPSA) is 43.6 Å². The Kier molecular flexibility index (Phi) is 4.92. The molecule has 1 aromatic heterocycles. The number of benzene rings is 3. The van der Waals surface area contributed by atoms with E-state index in [2.05, 4.69) is 0 Å². The molecule has 4 rings (SSSR count). The summed E-state index contributed by atoms with van der Waals surface area (Å²) in [6.45, 7) is 2.58. The van der Waals surface area contributed by atoms with Crippen molar-refractivity contribution in [2.24, 2.45) is 0 Å². The van der Waals surface area contributed by atoms with Crippen molar-refractivity contribution >= 4 is 32.6 Å². The van der Waals surface area contributed by atoms with Crippen LogP contribution in [-0.2, 0) is 12.7 Å². The number of aryl methyl sites for hydroxylation is 1. The van der Waals surface area contributed by atoms with Crippen LogP contribution in [0.25, 0.3) is 32.6 Å². The van der Waals surface area contributed by atoms with Gasteiger partial charge in [-0.15, -0.1) is 0 Å². The number of ether oxygens (including phenoxy) is 2. The molecule has 0 saturated heterocycles. The number of alkyl halides is 3. The van der Waals surface area contributed by atoms with Crippen LogP contribution in [0.5, 0.6) is 17.2 Å². The minimum Gasteiger partial charge on any atom is -0.507 e. The summed E-state index contributed by atoms with van der Waals surface area (Å²) < 4.78 is 52.7. The van der Waals surface area contributed by atoms with E-state index in [1.807, 2.05) is 11.5 Å². The Balaban J connectivity index is 2.17. The number of halogens is 3. The Morgan fingerprint density at radius 2 is 1.57 bits per heavy atom. The summed E-state index contributed by atoms with van der Waals surface area (Å²) in [7, 11) is 3.03. The quantitative estimate of drug-likeness (QED) is 0.404. The average Bonchev–Trinajstić information content (AvgIpc) is 3.03. The zero-order chi connectivity index (χ0) is 21.6. The summed E-state index contributed by atoms with van der Waals surface area (Å²) in [5.41, 5.74) is 0.494. The predicted molar refractivity (Wildman–Crippen MR) is 112 cm³/mol. The summed E-state index contributed by atoms with van der Waals surface area (Å²) in [6, 6.07) is 8.86. The van der Waals surface area contributed by atoms with Crippen molar-refractivity contribution in [3.05, 3.63) is 42.0 Å². The van der Waals surface area contributed by atoms with Gasteiger partial charge in [-0.25, -0.2) is 0 Å². The van der Waals surface area contributed by atoms with Gasteiger partial charge in [0.1, 0.15) is 5.75 Å². The van der Waals surface area contributed by atoms with Gasteiger partial charge in [-0.1, -0.05) is 19.4 Å². The molecule has 1 heterocycles. The molecule has 158 valence electrons. The fraction of sp³-hybridized carbons (Fsp3) is 0.304. The van der Waals surface area contributed by atoms with Gasteiger partial charge in [-0.05, 0) is 36.1 Å². The number of rotatable bonds is 5. The Labute approximate surface area is 171 Å². The maximum Gasteiger partial charge on any atom is 0.416 e. The molecule has 0 unspecified atom stereocenters. The van der Waals surface area contributed by atoms with Gasteiger partial charge >= 0.3 is 6.18 Å². The first-order chi connectivity index (χ1) is 14.3. The molecule has 3 aromatic carbocycles. The number of fused-ring (bicyclic) bond motifs is 5. The third kappa shape index (κ3) is 3.09. The Morgan fingerprint density at radius 1 is 0.900 bits per heavy atom. The maximum atomic E-state index is 13.4. The molecule has 0 radical (unpaired) electrons. The molecule has 0 spiro atoms. The van der Waals surface area contributed by atoms with E-state index in [-0.39, 0.29) is 5.75 Å². The zero-order valence-corrected chi connectivity index (χ0v) is 16.9. The molecule has 0 aliphatic rings. The van der Waals surface area contributed by atoms with Crippen LogP contribution in [0.1, 0.15) is 25.3 Å². The summed E-state index contributed by atoms with van der Waals surface area (Å²) in [5.74, 6) is 0.988. The van der Waals surface area contributed by atoms with Crippen molar-refractivity contribution in [3.8, 4) is 17.2 Å². The fourth-order valence-corrected chi connectivity index (χ4v) is 4.04. The second kappa shape index (κ2) is 7.31. The molecule has 0 bridgehead atoms. The summed E-state index contributed by atoms with van der Waals surface area (Å²) in [5, 5.41) is 13.5. The lowest BCUT2D eigenvalue weighted by Gasteiger charge is -2.12. The molecule has 0 saturated carbocycles. The number of aromatic hydroxyl groups is 1. The molecule has 1 N–H and O–H groups in total. The van der Waals surface area contributed by atoms with Crippen LogP contribution in [0.4, 0.5) is 13.2 Å². The largest absolute Gasteiger partial charge is 0.507 e. The number of hydrogen-bond donors (Lipinski definition) is 1. The molecular weight excluding hydrogens is 395 g/mol. The number of phenols is 1. The Morgan fingerprint density at radius 3 is 2.17 bits per heavy atom. The number of unbranched alkanes of at least 4 members (excludes halogenated alkanes) is 1. The van der Waals surface area contributed by atoms with Crippen molar-refractivity contribution < 1.29 is 27.8 Å². The number of nitrogens with zero attached hydrogens (tertiary/aromatic N) is 1. The van der Waals surface area contributed by atoms with E-state index >= 15 is 0 Å². The SMILES string of the molecule is CCCCn1c2cc(C(F)(F)F)ccc2c2c3cc(OC)c(OC)cc3c(O)cc21. The van der Waals surface area contributed by atoms with E-state index in [9.17, 15) is 18.3 Å². The first-order valence-electron chi connectivity index (χ1n) is 9.71. The lowest BCUT2D eigenvalue weighted by Crippen LogP contribution is -2.05. The van der Waals surface area contributed by atoms with Gasteiger partial charge < -0.3 is 19.1 Å². The van der Waals surface area contributed by atoms with Crippen LogP contribution in [-0.4, -0.2) is 23.9 Å². The van der Waals surface area contributed by atoms with E-state index in [0.717, 1.165) is 24.3 Å². The van der Waals surface area contributed by atoms with Crippen LogP contribution >= 0.6 is 0 Å².